The summed E-state index contributed by atoms with van der Waals surface area (Å²) in [6, 6.07) is 5.68. The first-order valence-electron chi connectivity index (χ1n) is 4.05. The van der Waals surface area contributed by atoms with Crippen LogP contribution >= 0.6 is 0 Å². The lowest BCUT2D eigenvalue weighted by molar-refractivity contribution is 0.269. The maximum Gasteiger partial charge on any atom is 0.124 e. The summed E-state index contributed by atoms with van der Waals surface area (Å²) >= 11 is 0. The second kappa shape index (κ2) is 2.68. The first-order chi connectivity index (χ1) is 5.77. The van der Waals surface area contributed by atoms with E-state index in [2.05, 4.69) is 0 Å². The Labute approximate surface area is 71.3 Å². The molecule has 12 heavy (non-hydrogen) atoms. The number of hydrogen-bond acceptors (Lipinski definition) is 3. The third-order valence-corrected chi connectivity index (χ3v) is 2.12. The smallest absolute Gasteiger partial charge is 0.124 e. The van der Waals surface area contributed by atoms with Gasteiger partial charge in [0.15, 0.2) is 0 Å². The van der Waals surface area contributed by atoms with E-state index in [1.807, 2.05) is 18.2 Å². The molecule has 1 aromatic carbocycles. The van der Waals surface area contributed by atoms with Crippen LogP contribution in [0.3, 0.4) is 0 Å². The van der Waals surface area contributed by atoms with Gasteiger partial charge < -0.3 is 16.2 Å². The summed E-state index contributed by atoms with van der Waals surface area (Å²) in [7, 11) is 0. The Morgan fingerprint density at radius 3 is 3.08 bits per heavy atom. The molecule has 0 saturated carbocycles. The highest BCUT2D eigenvalue weighted by Gasteiger charge is 2.17. The fraction of sp³-hybridized carbons (Fsp3) is 0.333. The molecule has 3 heteroatoms. The molecule has 0 bridgehead atoms. The van der Waals surface area contributed by atoms with Crippen molar-refractivity contribution in [2.24, 2.45) is 5.73 Å². The predicted octanol–water partition coefficient (Wildman–Crippen LogP) is 1.05. The van der Waals surface area contributed by atoms with Crippen LogP contribution in [0.25, 0.3) is 0 Å². The van der Waals surface area contributed by atoms with Gasteiger partial charge in [-0.3, -0.25) is 0 Å². The van der Waals surface area contributed by atoms with Crippen LogP contribution in [-0.2, 0) is 0 Å². The minimum Gasteiger partial charge on any atom is -0.493 e. The van der Waals surface area contributed by atoms with E-state index in [-0.39, 0.29) is 6.04 Å². The summed E-state index contributed by atoms with van der Waals surface area (Å²) in [5, 5.41) is 0. The van der Waals surface area contributed by atoms with Crippen LogP contribution in [0.1, 0.15) is 18.0 Å². The maximum absolute atomic E-state index is 5.88. The molecule has 1 atom stereocenters. The molecule has 0 fully saturated rings. The van der Waals surface area contributed by atoms with Crippen LogP contribution in [0, 0.1) is 0 Å². The van der Waals surface area contributed by atoms with Gasteiger partial charge in [-0.15, -0.1) is 0 Å². The fourth-order valence-corrected chi connectivity index (χ4v) is 1.44. The molecule has 0 radical (unpaired) electrons. The zero-order chi connectivity index (χ0) is 8.55. The first kappa shape index (κ1) is 7.43. The predicted molar refractivity (Wildman–Crippen MR) is 47.9 cm³/mol. The SMILES string of the molecule is Nc1ccc2c(c1)[C@H](N)CCO2. The van der Waals surface area contributed by atoms with E-state index in [1.165, 1.54) is 0 Å². The van der Waals surface area contributed by atoms with Gasteiger partial charge in [-0.25, -0.2) is 0 Å². The molecule has 64 valence electrons. The van der Waals surface area contributed by atoms with E-state index < -0.39 is 0 Å². The van der Waals surface area contributed by atoms with E-state index in [1.54, 1.807) is 0 Å². The van der Waals surface area contributed by atoms with E-state index in [0.717, 1.165) is 23.4 Å². The van der Waals surface area contributed by atoms with Crippen molar-refractivity contribution in [3.63, 3.8) is 0 Å². The molecule has 2 rings (SSSR count). The normalized spacial score (nSPS) is 21.2. The van der Waals surface area contributed by atoms with Crippen LogP contribution in [0.2, 0.25) is 0 Å². The number of anilines is 1. The van der Waals surface area contributed by atoms with Crippen molar-refractivity contribution in [3.8, 4) is 5.75 Å². The standard InChI is InChI=1S/C9H12N2O/c10-6-1-2-9-7(5-6)8(11)3-4-12-9/h1-2,5,8H,3-4,10-11H2/t8-/m1/s1. The highest BCUT2D eigenvalue weighted by Crippen LogP contribution is 2.31. The van der Waals surface area contributed by atoms with Crippen LogP contribution < -0.4 is 16.2 Å². The van der Waals surface area contributed by atoms with Crippen molar-refractivity contribution in [3.05, 3.63) is 23.8 Å². The maximum atomic E-state index is 5.88. The summed E-state index contributed by atoms with van der Waals surface area (Å²) in [6.45, 7) is 0.706. The molecule has 1 aliphatic rings. The van der Waals surface area contributed by atoms with Gasteiger partial charge in [0.05, 0.1) is 6.61 Å². The lowest BCUT2D eigenvalue weighted by Crippen LogP contribution is -2.20. The van der Waals surface area contributed by atoms with E-state index in [9.17, 15) is 0 Å². The van der Waals surface area contributed by atoms with E-state index in [4.69, 9.17) is 16.2 Å². The lowest BCUT2D eigenvalue weighted by atomic mass is 10.0. The van der Waals surface area contributed by atoms with Crippen LogP contribution in [-0.4, -0.2) is 6.61 Å². The monoisotopic (exact) mass is 164 g/mol. The van der Waals surface area contributed by atoms with Gasteiger partial charge in [0.25, 0.3) is 0 Å². The Bertz CT molecular complexity index is 299. The summed E-state index contributed by atoms with van der Waals surface area (Å²) in [4.78, 5) is 0. The summed E-state index contributed by atoms with van der Waals surface area (Å²) in [6.07, 6.45) is 0.871. The average molecular weight is 164 g/mol. The Hall–Kier alpha value is -1.22. The molecule has 0 saturated heterocycles. The molecule has 0 aromatic heterocycles. The molecule has 4 N–H and O–H groups in total. The second-order valence-electron chi connectivity index (χ2n) is 3.04. The van der Waals surface area contributed by atoms with Gasteiger partial charge in [0.1, 0.15) is 5.75 Å². The molecular weight excluding hydrogens is 152 g/mol. The number of ether oxygens (including phenoxy) is 1. The molecule has 0 unspecified atom stereocenters. The Morgan fingerprint density at radius 1 is 1.42 bits per heavy atom. The number of nitrogen functional groups attached to an aromatic ring is 1. The van der Waals surface area contributed by atoms with Gasteiger partial charge in [0, 0.05) is 23.7 Å². The molecule has 3 nitrogen and oxygen atoms in total. The fourth-order valence-electron chi connectivity index (χ4n) is 1.44. The van der Waals surface area contributed by atoms with Gasteiger partial charge in [0.2, 0.25) is 0 Å². The zero-order valence-corrected chi connectivity index (χ0v) is 6.79. The number of hydrogen-bond donors (Lipinski definition) is 2. The van der Waals surface area contributed by atoms with Crippen molar-refractivity contribution in [1.82, 2.24) is 0 Å². The van der Waals surface area contributed by atoms with Crippen molar-refractivity contribution in [2.75, 3.05) is 12.3 Å². The number of benzene rings is 1. The highest BCUT2D eigenvalue weighted by molar-refractivity contribution is 5.49. The molecule has 0 spiro atoms. The van der Waals surface area contributed by atoms with E-state index >= 15 is 0 Å². The van der Waals surface area contributed by atoms with Crippen molar-refractivity contribution >= 4 is 5.69 Å². The highest BCUT2D eigenvalue weighted by atomic mass is 16.5. The third kappa shape index (κ3) is 1.12. The number of rotatable bonds is 0. The minimum absolute atomic E-state index is 0.0808. The Balaban J connectivity index is 2.47. The van der Waals surface area contributed by atoms with Crippen LogP contribution in [0.15, 0.2) is 18.2 Å². The quantitative estimate of drug-likeness (QED) is 0.563. The molecular formula is C9H12N2O. The van der Waals surface area contributed by atoms with Gasteiger partial charge in [-0.2, -0.15) is 0 Å². The zero-order valence-electron chi connectivity index (χ0n) is 6.79. The van der Waals surface area contributed by atoms with Gasteiger partial charge in [-0.1, -0.05) is 0 Å². The largest absolute Gasteiger partial charge is 0.493 e. The lowest BCUT2D eigenvalue weighted by Gasteiger charge is -2.22. The minimum atomic E-state index is 0.0808. The molecule has 1 heterocycles. The Kier molecular flexibility index (Phi) is 1.66. The third-order valence-electron chi connectivity index (χ3n) is 2.12. The second-order valence-corrected chi connectivity index (χ2v) is 3.04. The van der Waals surface area contributed by atoms with Crippen LogP contribution in [0.5, 0.6) is 5.75 Å². The van der Waals surface area contributed by atoms with E-state index in [0.29, 0.717) is 6.61 Å². The van der Waals surface area contributed by atoms with Crippen molar-refractivity contribution in [1.29, 1.82) is 0 Å². The topological polar surface area (TPSA) is 61.3 Å². The summed E-state index contributed by atoms with van der Waals surface area (Å²) in [5.41, 5.74) is 13.3. The number of fused-ring (bicyclic) bond motifs is 1. The van der Waals surface area contributed by atoms with Gasteiger partial charge >= 0.3 is 0 Å². The summed E-state index contributed by atoms with van der Waals surface area (Å²) < 4.78 is 5.41. The van der Waals surface area contributed by atoms with Crippen molar-refractivity contribution < 1.29 is 4.74 Å². The molecule has 0 aliphatic carbocycles. The molecule has 0 amide bonds. The molecule has 1 aliphatic heterocycles. The summed E-state index contributed by atoms with van der Waals surface area (Å²) in [5.74, 6) is 0.878. The molecule has 1 aromatic rings. The van der Waals surface area contributed by atoms with Crippen LogP contribution in [0.4, 0.5) is 5.69 Å². The Morgan fingerprint density at radius 2 is 2.25 bits per heavy atom. The first-order valence-corrected chi connectivity index (χ1v) is 4.05. The van der Waals surface area contributed by atoms with Gasteiger partial charge in [-0.05, 0) is 18.2 Å². The number of nitrogens with two attached hydrogens (primary N) is 2. The average Bonchev–Trinajstić information content (AvgIpc) is 2.07. The van der Waals surface area contributed by atoms with Crippen molar-refractivity contribution in [2.45, 2.75) is 12.5 Å².